The van der Waals surface area contributed by atoms with Crippen molar-refractivity contribution < 1.29 is 9.53 Å². The van der Waals surface area contributed by atoms with E-state index in [1.165, 1.54) is 6.92 Å². The van der Waals surface area contributed by atoms with E-state index in [4.69, 9.17) is 4.74 Å². The summed E-state index contributed by atoms with van der Waals surface area (Å²) in [5, 5.41) is 3.24. The molecule has 1 N–H and O–H groups in total. The number of hydrogen-bond donors (Lipinski definition) is 1. The highest BCUT2D eigenvalue weighted by Gasteiger charge is 2.07. The van der Waals surface area contributed by atoms with Crippen molar-refractivity contribution in [2.45, 2.75) is 26.9 Å². The zero-order valence-corrected chi connectivity index (χ0v) is 13.3. The van der Waals surface area contributed by atoms with Gasteiger partial charge in [0.05, 0.1) is 6.10 Å². The molecular weight excluding hydrogens is 276 g/mol. The van der Waals surface area contributed by atoms with Crippen LogP contribution in [-0.2, 0) is 9.53 Å². The van der Waals surface area contributed by atoms with Crippen molar-refractivity contribution in [3.63, 3.8) is 0 Å². The van der Waals surface area contributed by atoms with E-state index in [-0.39, 0.29) is 18.5 Å². The molecule has 0 bridgehead atoms. The number of benzene rings is 1. The highest BCUT2D eigenvalue weighted by atomic mass is 16.5. The Kier molecular flexibility index (Phi) is 5.67. The van der Waals surface area contributed by atoms with Crippen molar-refractivity contribution in [2.24, 2.45) is 0 Å². The first kappa shape index (κ1) is 16.2. The first-order valence-electron chi connectivity index (χ1n) is 7.44. The van der Waals surface area contributed by atoms with Crippen molar-refractivity contribution in [1.82, 2.24) is 4.98 Å². The third-order valence-corrected chi connectivity index (χ3v) is 3.31. The molecule has 4 heteroatoms. The quantitative estimate of drug-likeness (QED) is 0.850. The minimum absolute atomic E-state index is 0.0352. The monoisotopic (exact) mass is 298 g/mol. The number of rotatable bonds is 7. The summed E-state index contributed by atoms with van der Waals surface area (Å²) in [5.74, 6) is 0.850. The minimum atomic E-state index is -0.0418. The highest BCUT2D eigenvalue weighted by Crippen LogP contribution is 2.23. The normalized spacial score (nSPS) is 12.0. The standard InChI is InChI=1S/C18H22N2O2/c1-13(21)12-22-14(2)11-19-18-10-9-17(15(3)20-18)16-7-5-4-6-8-16/h4-10,14H,11-12H2,1-3H3,(H,19,20). The molecule has 116 valence electrons. The molecule has 0 fully saturated rings. The number of ketones is 1. The van der Waals surface area contributed by atoms with E-state index >= 15 is 0 Å². The molecule has 1 unspecified atom stereocenters. The second kappa shape index (κ2) is 7.71. The number of aryl methyl sites for hydroxylation is 1. The predicted molar refractivity (Wildman–Crippen MR) is 89.0 cm³/mol. The van der Waals surface area contributed by atoms with Crippen molar-refractivity contribution in [1.29, 1.82) is 0 Å². The third kappa shape index (κ3) is 4.67. The van der Waals surface area contributed by atoms with Gasteiger partial charge in [-0.1, -0.05) is 30.3 Å². The van der Waals surface area contributed by atoms with Crippen LogP contribution in [0.15, 0.2) is 42.5 Å². The summed E-state index contributed by atoms with van der Waals surface area (Å²) >= 11 is 0. The summed E-state index contributed by atoms with van der Waals surface area (Å²) < 4.78 is 5.41. The molecule has 0 aliphatic carbocycles. The summed E-state index contributed by atoms with van der Waals surface area (Å²) in [4.78, 5) is 15.5. The lowest BCUT2D eigenvalue weighted by atomic mass is 10.0. The lowest BCUT2D eigenvalue weighted by Crippen LogP contribution is -2.22. The van der Waals surface area contributed by atoms with Gasteiger partial charge in [0.1, 0.15) is 12.4 Å². The van der Waals surface area contributed by atoms with E-state index in [1.807, 2.05) is 38.1 Å². The molecule has 0 saturated carbocycles. The number of carbonyl (C=O) groups is 1. The summed E-state index contributed by atoms with van der Waals surface area (Å²) in [6.45, 7) is 6.23. The maximum atomic E-state index is 10.9. The zero-order chi connectivity index (χ0) is 15.9. The Bertz CT molecular complexity index is 626. The lowest BCUT2D eigenvalue weighted by Gasteiger charge is -2.14. The summed E-state index contributed by atoms with van der Waals surface area (Å²) in [6, 6.07) is 14.2. The van der Waals surface area contributed by atoms with Crippen molar-refractivity contribution in [2.75, 3.05) is 18.5 Å². The number of aromatic nitrogens is 1. The molecule has 2 rings (SSSR count). The molecule has 22 heavy (non-hydrogen) atoms. The van der Waals surface area contributed by atoms with Crippen LogP contribution in [0.25, 0.3) is 11.1 Å². The summed E-state index contributed by atoms with van der Waals surface area (Å²) in [5.41, 5.74) is 3.28. The average molecular weight is 298 g/mol. The lowest BCUT2D eigenvalue weighted by molar-refractivity contribution is -0.122. The molecule has 1 atom stereocenters. The van der Waals surface area contributed by atoms with Crippen LogP contribution in [0, 0.1) is 6.92 Å². The molecule has 1 aromatic heterocycles. The number of ether oxygens (including phenoxy) is 1. The Balaban J connectivity index is 1.97. The minimum Gasteiger partial charge on any atom is -0.369 e. The summed E-state index contributed by atoms with van der Waals surface area (Å²) in [6.07, 6.45) is -0.0418. The van der Waals surface area contributed by atoms with Gasteiger partial charge in [0.15, 0.2) is 5.78 Å². The molecule has 4 nitrogen and oxygen atoms in total. The third-order valence-electron chi connectivity index (χ3n) is 3.31. The van der Waals surface area contributed by atoms with Gasteiger partial charge in [-0.05, 0) is 38.5 Å². The van der Waals surface area contributed by atoms with Crippen molar-refractivity contribution in [3.8, 4) is 11.1 Å². The Morgan fingerprint density at radius 3 is 2.59 bits per heavy atom. The van der Waals surface area contributed by atoms with E-state index in [2.05, 4.69) is 28.5 Å². The largest absolute Gasteiger partial charge is 0.369 e. The molecule has 0 radical (unpaired) electrons. The van der Waals surface area contributed by atoms with Crippen LogP contribution >= 0.6 is 0 Å². The van der Waals surface area contributed by atoms with E-state index in [0.29, 0.717) is 6.54 Å². The fourth-order valence-electron chi connectivity index (χ4n) is 2.15. The van der Waals surface area contributed by atoms with E-state index < -0.39 is 0 Å². The number of nitrogens with one attached hydrogen (secondary N) is 1. The second-order valence-electron chi connectivity index (χ2n) is 5.40. The number of nitrogens with zero attached hydrogens (tertiary/aromatic N) is 1. The van der Waals surface area contributed by atoms with Gasteiger partial charge in [0.25, 0.3) is 0 Å². The highest BCUT2D eigenvalue weighted by molar-refractivity contribution is 5.76. The van der Waals surface area contributed by atoms with Crippen LogP contribution in [-0.4, -0.2) is 30.0 Å². The number of pyridine rings is 1. The molecule has 1 heterocycles. The van der Waals surface area contributed by atoms with Gasteiger partial charge in [-0.25, -0.2) is 4.98 Å². The van der Waals surface area contributed by atoms with Gasteiger partial charge in [0.2, 0.25) is 0 Å². The smallest absolute Gasteiger partial charge is 0.155 e. The van der Waals surface area contributed by atoms with Gasteiger partial charge >= 0.3 is 0 Å². The molecule has 0 aliphatic heterocycles. The number of carbonyl (C=O) groups excluding carboxylic acids is 1. The first-order valence-corrected chi connectivity index (χ1v) is 7.44. The van der Waals surface area contributed by atoms with Crippen LogP contribution < -0.4 is 5.32 Å². The first-order chi connectivity index (χ1) is 10.6. The second-order valence-corrected chi connectivity index (χ2v) is 5.40. The van der Waals surface area contributed by atoms with Crippen LogP contribution in [0.4, 0.5) is 5.82 Å². The van der Waals surface area contributed by atoms with E-state index in [9.17, 15) is 4.79 Å². The number of anilines is 1. The molecule has 0 saturated heterocycles. The maximum Gasteiger partial charge on any atom is 0.155 e. The molecular formula is C18H22N2O2. The van der Waals surface area contributed by atoms with Gasteiger partial charge in [-0.2, -0.15) is 0 Å². The fourth-order valence-corrected chi connectivity index (χ4v) is 2.15. The van der Waals surface area contributed by atoms with Crippen LogP contribution in [0.5, 0.6) is 0 Å². The molecule has 1 aromatic carbocycles. The van der Waals surface area contributed by atoms with Crippen LogP contribution in [0.2, 0.25) is 0 Å². The molecule has 0 aliphatic rings. The summed E-state index contributed by atoms with van der Waals surface area (Å²) in [7, 11) is 0. The maximum absolute atomic E-state index is 10.9. The van der Waals surface area contributed by atoms with E-state index in [1.54, 1.807) is 0 Å². The average Bonchev–Trinajstić information content (AvgIpc) is 2.52. The van der Waals surface area contributed by atoms with E-state index in [0.717, 1.165) is 22.6 Å². The molecule has 0 spiro atoms. The Hall–Kier alpha value is -2.20. The zero-order valence-electron chi connectivity index (χ0n) is 13.3. The van der Waals surface area contributed by atoms with Crippen molar-refractivity contribution in [3.05, 3.63) is 48.2 Å². The SMILES string of the molecule is CC(=O)COC(C)CNc1ccc(-c2ccccc2)c(C)n1. The van der Waals surface area contributed by atoms with Gasteiger partial charge in [-0.15, -0.1) is 0 Å². The van der Waals surface area contributed by atoms with Crippen molar-refractivity contribution >= 4 is 11.6 Å². The number of hydrogen-bond acceptors (Lipinski definition) is 4. The fraction of sp³-hybridized carbons (Fsp3) is 0.333. The number of Topliss-reactive ketones (excluding diaryl/α,β-unsaturated/α-hetero) is 1. The Morgan fingerprint density at radius 1 is 1.23 bits per heavy atom. The topological polar surface area (TPSA) is 51.2 Å². The molecule has 0 amide bonds. The van der Waals surface area contributed by atoms with Gasteiger partial charge in [-0.3, -0.25) is 4.79 Å². The molecule has 2 aromatic rings. The predicted octanol–water partition coefficient (Wildman–Crippen LogP) is 3.46. The van der Waals surface area contributed by atoms with Gasteiger partial charge < -0.3 is 10.1 Å². The Morgan fingerprint density at radius 2 is 1.95 bits per heavy atom. The Labute approximate surface area is 131 Å². The van der Waals surface area contributed by atoms with Gasteiger partial charge in [0, 0.05) is 17.8 Å². The van der Waals surface area contributed by atoms with Crippen LogP contribution in [0.1, 0.15) is 19.5 Å². The van der Waals surface area contributed by atoms with Crippen LogP contribution in [0.3, 0.4) is 0 Å².